The van der Waals surface area contributed by atoms with Crippen molar-refractivity contribution in [1.82, 2.24) is 4.98 Å². The molecule has 0 aliphatic heterocycles. The standard InChI is InChI=1S/C19H12F2N2O2/c1-11-6-16(17(10-22)19(24)23-11)15-4-2-3-5-18(15)25-14-8-12(20)7-13(21)9-14/h2-9H,1H3,(H,23,24). The molecule has 1 heterocycles. The number of H-pyrrole nitrogens is 1. The van der Waals surface area contributed by atoms with Gasteiger partial charge in [-0.25, -0.2) is 8.78 Å². The van der Waals surface area contributed by atoms with Crippen LogP contribution in [0.5, 0.6) is 11.5 Å². The second-order valence-electron chi connectivity index (χ2n) is 5.39. The number of pyridine rings is 1. The monoisotopic (exact) mass is 338 g/mol. The number of nitrogens with one attached hydrogen (secondary N) is 1. The first-order chi connectivity index (χ1) is 12.0. The molecule has 0 saturated carbocycles. The van der Waals surface area contributed by atoms with Crippen LogP contribution >= 0.6 is 0 Å². The molecule has 0 amide bonds. The molecule has 1 aromatic heterocycles. The minimum atomic E-state index is -0.766. The van der Waals surface area contributed by atoms with Gasteiger partial charge in [0.1, 0.15) is 34.8 Å². The van der Waals surface area contributed by atoms with Crippen LogP contribution in [0, 0.1) is 29.9 Å². The minimum absolute atomic E-state index is 0.0231. The summed E-state index contributed by atoms with van der Waals surface area (Å²) in [6, 6.07) is 13.0. The van der Waals surface area contributed by atoms with Gasteiger partial charge >= 0.3 is 0 Å². The molecule has 3 aromatic rings. The van der Waals surface area contributed by atoms with Crippen molar-refractivity contribution in [2.75, 3.05) is 0 Å². The SMILES string of the molecule is Cc1cc(-c2ccccc2Oc2cc(F)cc(F)c2)c(C#N)c(=O)[nH]1. The number of hydrogen-bond donors (Lipinski definition) is 1. The Morgan fingerprint density at radius 1 is 1.04 bits per heavy atom. The quantitative estimate of drug-likeness (QED) is 0.774. The lowest BCUT2D eigenvalue weighted by molar-refractivity contribution is 0.470. The van der Waals surface area contributed by atoms with Crippen LogP contribution in [-0.2, 0) is 0 Å². The number of halogens is 2. The fourth-order valence-electron chi connectivity index (χ4n) is 2.50. The maximum atomic E-state index is 13.4. The van der Waals surface area contributed by atoms with Gasteiger partial charge in [-0.05, 0) is 19.1 Å². The van der Waals surface area contributed by atoms with Crippen LogP contribution in [0.4, 0.5) is 8.78 Å². The molecular weight excluding hydrogens is 326 g/mol. The van der Waals surface area contributed by atoms with Crippen molar-refractivity contribution in [2.24, 2.45) is 0 Å². The van der Waals surface area contributed by atoms with Gasteiger partial charge in [0, 0.05) is 35.0 Å². The summed E-state index contributed by atoms with van der Waals surface area (Å²) in [5.41, 5.74) is 0.857. The molecule has 0 aliphatic carbocycles. The predicted octanol–water partition coefficient (Wildman–Crippen LogP) is 4.29. The summed E-state index contributed by atoms with van der Waals surface area (Å²) in [4.78, 5) is 14.6. The number of rotatable bonds is 3. The van der Waals surface area contributed by atoms with E-state index >= 15 is 0 Å². The van der Waals surface area contributed by atoms with Crippen LogP contribution in [0.25, 0.3) is 11.1 Å². The largest absolute Gasteiger partial charge is 0.457 e. The molecular formula is C19H12F2N2O2. The zero-order chi connectivity index (χ0) is 18.0. The van der Waals surface area contributed by atoms with E-state index in [2.05, 4.69) is 4.98 Å². The Kier molecular flexibility index (Phi) is 4.31. The van der Waals surface area contributed by atoms with Crippen molar-refractivity contribution >= 4 is 0 Å². The Balaban J connectivity index is 2.15. The van der Waals surface area contributed by atoms with Crippen LogP contribution in [0.15, 0.2) is 53.3 Å². The van der Waals surface area contributed by atoms with Crippen LogP contribution in [0.2, 0.25) is 0 Å². The number of hydrogen-bond acceptors (Lipinski definition) is 3. The number of benzene rings is 2. The minimum Gasteiger partial charge on any atom is -0.457 e. The molecule has 25 heavy (non-hydrogen) atoms. The molecule has 1 N–H and O–H groups in total. The van der Waals surface area contributed by atoms with Crippen LogP contribution in [-0.4, -0.2) is 4.98 Å². The van der Waals surface area contributed by atoms with Gasteiger partial charge in [-0.3, -0.25) is 4.79 Å². The Morgan fingerprint density at radius 2 is 1.72 bits per heavy atom. The van der Waals surface area contributed by atoms with E-state index in [0.29, 0.717) is 16.8 Å². The second kappa shape index (κ2) is 6.57. The summed E-state index contributed by atoms with van der Waals surface area (Å²) >= 11 is 0. The van der Waals surface area contributed by atoms with E-state index in [1.807, 2.05) is 6.07 Å². The lowest BCUT2D eigenvalue weighted by Gasteiger charge is -2.13. The molecule has 0 spiro atoms. The van der Waals surface area contributed by atoms with Crippen molar-refractivity contribution in [3.8, 4) is 28.7 Å². The molecule has 0 unspecified atom stereocenters. The maximum Gasteiger partial charge on any atom is 0.266 e. The maximum absolute atomic E-state index is 13.4. The summed E-state index contributed by atoms with van der Waals surface area (Å²) in [7, 11) is 0. The van der Waals surface area contributed by atoms with Crippen molar-refractivity contribution in [2.45, 2.75) is 6.92 Å². The van der Waals surface area contributed by atoms with Crippen molar-refractivity contribution in [1.29, 1.82) is 5.26 Å². The van der Waals surface area contributed by atoms with E-state index < -0.39 is 17.2 Å². The van der Waals surface area contributed by atoms with Crippen LogP contribution in [0.3, 0.4) is 0 Å². The summed E-state index contributed by atoms with van der Waals surface area (Å²) in [5, 5.41) is 9.29. The van der Waals surface area contributed by atoms with Crippen molar-refractivity contribution in [3.05, 3.63) is 81.8 Å². The molecule has 0 atom stereocenters. The molecule has 4 nitrogen and oxygen atoms in total. The van der Waals surface area contributed by atoms with E-state index in [0.717, 1.165) is 18.2 Å². The topological polar surface area (TPSA) is 65.9 Å². The molecule has 0 saturated heterocycles. The van der Waals surface area contributed by atoms with E-state index in [9.17, 15) is 18.8 Å². The first-order valence-electron chi connectivity index (χ1n) is 7.35. The smallest absolute Gasteiger partial charge is 0.266 e. The van der Waals surface area contributed by atoms with Crippen molar-refractivity contribution in [3.63, 3.8) is 0 Å². The average molecular weight is 338 g/mol. The zero-order valence-electron chi connectivity index (χ0n) is 13.1. The summed E-state index contributed by atoms with van der Waals surface area (Å²) in [6.45, 7) is 1.69. The van der Waals surface area contributed by atoms with Gasteiger partial charge in [0.2, 0.25) is 0 Å². The van der Waals surface area contributed by atoms with Gasteiger partial charge in [0.05, 0.1) is 0 Å². The Morgan fingerprint density at radius 3 is 2.40 bits per heavy atom. The summed E-state index contributed by atoms with van der Waals surface area (Å²) in [5.74, 6) is -1.28. The molecule has 0 aliphatic rings. The molecule has 0 fully saturated rings. The van der Waals surface area contributed by atoms with E-state index in [4.69, 9.17) is 4.74 Å². The summed E-state index contributed by atoms with van der Waals surface area (Å²) in [6.07, 6.45) is 0. The number of aryl methyl sites for hydroxylation is 1. The van der Waals surface area contributed by atoms with Crippen LogP contribution in [0.1, 0.15) is 11.3 Å². The molecule has 0 bridgehead atoms. The van der Waals surface area contributed by atoms with Gasteiger partial charge < -0.3 is 9.72 Å². The van der Waals surface area contributed by atoms with Gasteiger partial charge in [-0.1, -0.05) is 18.2 Å². The zero-order valence-corrected chi connectivity index (χ0v) is 13.1. The lowest BCUT2D eigenvalue weighted by Crippen LogP contribution is -2.12. The highest BCUT2D eigenvalue weighted by Gasteiger charge is 2.15. The summed E-state index contributed by atoms with van der Waals surface area (Å²) < 4.78 is 32.3. The van der Waals surface area contributed by atoms with Gasteiger partial charge in [-0.2, -0.15) is 5.26 Å². The number of ether oxygens (including phenoxy) is 1. The third-order valence-corrected chi connectivity index (χ3v) is 3.52. The normalized spacial score (nSPS) is 10.3. The number of nitriles is 1. The van der Waals surface area contributed by atoms with Crippen molar-refractivity contribution < 1.29 is 13.5 Å². The highest BCUT2D eigenvalue weighted by Crippen LogP contribution is 2.34. The van der Waals surface area contributed by atoms with Crippen LogP contribution < -0.4 is 10.3 Å². The third kappa shape index (κ3) is 3.40. The average Bonchev–Trinajstić information content (AvgIpc) is 2.54. The van der Waals surface area contributed by atoms with Gasteiger partial charge in [0.25, 0.3) is 5.56 Å². The highest BCUT2D eigenvalue weighted by atomic mass is 19.1. The fraction of sp³-hybridized carbons (Fsp3) is 0.0526. The number of aromatic amines is 1. The fourth-order valence-corrected chi connectivity index (χ4v) is 2.50. The molecule has 2 aromatic carbocycles. The molecule has 0 radical (unpaired) electrons. The Hall–Kier alpha value is -3.46. The molecule has 3 rings (SSSR count). The van der Waals surface area contributed by atoms with Gasteiger partial charge in [-0.15, -0.1) is 0 Å². The Labute approximate surface area is 141 Å². The van der Waals surface area contributed by atoms with E-state index in [1.54, 1.807) is 37.3 Å². The lowest BCUT2D eigenvalue weighted by atomic mass is 10.00. The Bertz CT molecular complexity index is 1030. The molecule has 124 valence electrons. The highest BCUT2D eigenvalue weighted by molar-refractivity contribution is 5.75. The van der Waals surface area contributed by atoms with E-state index in [-0.39, 0.29) is 17.1 Å². The number of aromatic nitrogens is 1. The van der Waals surface area contributed by atoms with E-state index in [1.165, 1.54) is 0 Å². The first kappa shape index (κ1) is 16.4. The third-order valence-electron chi connectivity index (χ3n) is 3.52. The first-order valence-corrected chi connectivity index (χ1v) is 7.35. The molecule has 6 heteroatoms. The second-order valence-corrected chi connectivity index (χ2v) is 5.39. The number of nitrogens with zero attached hydrogens (tertiary/aromatic N) is 1. The number of para-hydroxylation sites is 1. The predicted molar refractivity (Wildman–Crippen MR) is 88.4 cm³/mol. The van der Waals surface area contributed by atoms with Gasteiger partial charge in [0.15, 0.2) is 0 Å².